The Morgan fingerprint density at radius 1 is 1.15 bits per heavy atom. The number of benzene rings is 1. The van der Waals surface area contributed by atoms with Crippen LogP contribution < -0.4 is 5.32 Å². The van der Waals surface area contributed by atoms with Gasteiger partial charge in [-0.15, -0.1) is 0 Å². The molecule has 110 valence electrons. The lowest BCUT2D eigenvalue weighted by Gasteiger charge is -2.38. The van der Waals surface area contributed by atoms with Crippen LogP contribution in [-0.2, 0) is 0 Å². The van der Waals surface area contributed by atoms with E-state index in [-0.39, 0.29) is 5.82 Å². The summed E-state index contributed by atoms with van der Waals surface area (Å²) >= 11 is 3.24. The van der Waals surface area contributed by atoms with Crippen molar-refractivity contribution in [2.75, 3.05) is 5.32 Å². The van der Waals surface area contributed by atoms with Crippen LogP contribution in [0.2, 0.25) is 0 Å². The van der Waals surface area contributed by atoms with Crippen LogP contribution in [0.25, 0.3) is 0 Å². The van der Waals surface area contributed by atoms with Crippen LogP contribution in [-0.4, -0.2) is 6.04 Å². The molecular formula is C17H23BrFN. The van der Waals surface area contributed by atoms with E-state index in [4.69, 9.17) is 0 Å². The highest BCUT2D eigenvalue weighted by molar-refractivity contribution is 9.10. The lowest BCUT2D eigenvalue weighted by atomic mass is 9.71. The Morgan fingerprint density at radius 2 is 1.80 bits per heavy atom. The predicted octanol–water partition coefficient (Wildman–Crippen LogP) is 5.81. The molecule has 1 N–H and O–H groups in total. The van der Waals surface area contributed by atoms with E-state index >= 15 is 0 Å². The van der Waals surface area contributed by atoms with Crippen LogP contribution in [0.1, 0.15) is 56.9 Å². The first kappa shape index (κ1) is 14.4. The van der Waals surface area contributed by atoms with Gasteiger partial charge in [-0.25, -0.2) is 4.39 Å². The summed E-state index contributed by atoms with van der Waals surface area (Å²) < 4.78 is 14.2. The summed E-state index contributed by atoms with van der Waals surface area (Å²) in [5.74, 6) is -0.179. The fraction of sp³-hybridized carbons (Fsp3) is 0.647. The summed E-state index contributed by atoms with van der Waals surface area (Å²) in [7, 11) is 0. The third-order valence-electron chi connectivity index (χ3n) is 5.34. The molecule has 0 atom stereocenters. The van der Waals surface area contributed by atoms with Gasteiger partial charge in [0.05, 0.1) is 4.47 Å². The molecule has 2 saturated carbocycles. The number of halogens is 2. The maximum absolute atomic E-state index is 13.7. The zero-order valence-corrected chi connectivity index (χ0v) is 13.7. The van der Waals surface area contributed by atoms with E-state index in [2.05, 4.69) is 21.2 Å². The van der Waals surface area contributed by atoms with Gasteiger partial charge in [0.1, 0.15) is 5.82 Å². The van der Waals surface area contributed by atoms with Gasteiger partial charge >= 0.3 is 0 Å². The number of anilines is 1. The second-order valence-corrected chi connectivity index (χ2v) is 7.56. The summed E-state index contributed by atoms with van der Waals surface area (Å²) in [6.07, 6.45) is 10.9. The minimum absolute atomic E-state index is 0.179. The molecule has 3 heteroatoms. The van der Waals surface area contributed by atoms with Crippen LogP contribution in [0.4, 0.5) is 10.1 Å². The minimum Gasteiger partial charge on any atom is -0.382 e. The Bertz CT molecular complexity index is 484. The van der Waals surface area contributed by atoms with E-state index in [1.54, 1.807) is 6.07 Å². The first-order chi connectivity index (χ1) is 9.58. The van der Waals surface area contributed by atoms with Gasteiger partial charge in [0.2, 0.25) is 0 Å². The Balaban J connectivity index is 1.63. The minimum atomic E-state index is -0.179. The molecule has 1 nitrogen and oxygen atoms in total. The highest BCUT2D eigenvalue weighted by Gasteiger charge is 2.37. The SMILES string of the molecule is Cc1cc(Br)c(F)cc1NC1CCC2(CCCC2)CC1. The maximum atomic E-state index is 13.7. The average Bonchev–Trinajstić information content (AvgIpc) is 2.87. The smallest absolute Gasteiger partial charge is 0.139 e. The van der Waals surface area contributed by atoms with Crippen molar-refractivity contribution in [3.05, 3.63) is 28.0 Å². The normalized spacial score (nSPS) is 22.4. The fourth-order valence-corrected chi connectivity index (χ4v) is 4.48. The van der Waals surface area contributed by atoms with E-state index in [1.807, 2.05) is 13.0 Å². The standard InChI is InChI=1S/C17H23BrFN/c1-12-10-14(18)15(19)11-16(12)20-13-4-8-17(9-5-13)6-2-3-7-17/h10-11,13,20H,2-9H2,1H3. The van der Waals surface area contributed by atoms with Gasteiger partial charge in [0.25, 0.3) is 0 Å². The Hall–Kier alpha value is -0.570. The third kappa shape index (κ3) is 2.88. The van der Waals surface area contributed by atoms with Gasteiger partial charge in [-0.1, -0.05) is 12.8 Å². The van der Waals surface area contributed by atoms with Crippen LogP contribution in [0.3, 0.4) is 0 Å². The summed E-state index contributed by atoms with van der Waals surface area (Å²) in [6, 6.07) is 4.00. The average molecular weight is 340 g/mol. The van der Waals surface area contributed by atoms with Gasteiger partial charge in [-0.05, 0) is 84.5 Å². The highest BCUT2D eigenvalue weighted by atomic mass is 79.9. The fourth-order valence-electron chi connectivity index (χ4n) is 4.02. The molecule has 0 aliphatic heterocycles. The predicted molar refractivity (Wildman–Crippen MR) is 85.6 cm³/mol. The Morgan fingerprint density at radius 3 is 2.45 bits per heavy atom. The zero-order valence-electron chi connectivity index (χ0n) is 12.1. The van der Waals surface area contributed by atoms with Gasteiger partial charge in [-0.2, -0.15) is 0 Å². The second-order valence-electron chi connectivity index (χ2n) is 6.71. The number of hydrogen-bond donors (Lipinski definition) is 1. The lowest BCUT2D eigenvalue weighted by molar-refractivity contribution is 0.188. The summed E-state index contributed by atoms with van der Waals surface area (Å²) in [4.78, 5) is 0. The lowest BCUT2D eigenvalue weighted by Crippen LogP contribution is -2.31. The molecule has 2 aliphatic carbocycles. The van der Waals surface area contributed by atoms with E-state index in [1.165, 1.54) is 51.4 Å². The molecule has 1 aromatic carbocycles. The van der Waals surface area contributed by atoms with Crippen molar-refractivity contribution in [3.63, 3.8) is 0 Å². The molecule has 3 rings (SSSR count). The Kier molecular flexibility index (Phi) is 4.07. The van der Waals surface area contributed by atoms with Crippen molar-refractivity contribution in [1.29, 1.82) is 0 Å². The molecule has 0 amide bonds. The number of aryl methyl sites for hydroxylation is 1. The van der Waals surface area contributed by atoms with Gasteiger partial charge in [-0.3, -0.25) is 0 Å². The first-order valence-corrected chi connectivity index (χ1v) is 8.60. The molecule has 0 radical (unpaired) electrons. The molecule has 0 saturated heterocycles. The van der Waals surface area contributed by atoms with Crippen molar-refractivity contribution in [2.45, 2.75) is 64.3 Å². The number of nitrogens with one attached hydrogen (secondary N) is 1. The second kappa shape index (κ2) is 5.67. The maximum Gasteiger partial charge on any atom is 0.139 e. The van der Waals surface area contributed by atoms with Crippen molar-refractivity contribution >= 4 is 21.6 Å². The highest BCUT2D eigenvalue weighted by Crippen LogP contribution is 2.49. The Labute approximate surface area is 129 Å². The van der Waals surface area contributed by atoms with Gasteiger partial charge < -0.3 is 5.32 Å². The van der Waals surface area contributed by atoms with Crippen LogP contribution in [0, 0.1) is 18.2 Å². The largest absolute Gasteiger partial charge is 0.382 e. The van der Waals surface area contributed by atoms with E-state index < -0.39 is 0 Å². The molecule has 2 fully saturated rings. The van der Waals surface area contributed by atoms with Crippen LogP contribution >= 0.6 is 15.9 Å². The van der Waals surface area contributed by atoms with Crippen molar-refractivity contribution < 1.29 is 4.39 Å². The first-order valence-electron chi connectivity index (χ1n) is 7.80. The number of rotatable bonds is 2. The van der Waals surface area contributed by atoms with Crippen LogP contribution in [0.5, 0.6) is 0 Å². The van der Waals surface area contributed by atoms with Crippen LogP contribution in [0.15, 0.2) is 16.6 Å². The zero-order chi connectivity index (χ0) is 14.2. The molecule has 1 aromatic rings. The summed E-state index contributed by atoms with van der Waals surface area (Å²) in [6.45, 7) is 2.04. The topological polar surface area (TPSA) is 12.0 Å². The molecule has 0 aromatic heterocycles. The summed E-state index contributed by atoms with van der Waals surface area (Å²) in [5, 5.41) is 3.56. The molecule has 1 spiro atoms. The van der Waals surface area contributed by atoms with Crippen molar-refractivity contribution in [3.8, 4) is 0 Å². The summed E-state index contributed by atoms with van der Waals surface area (Å²) in [5.41, 5.74) is 2.73. The third-order valence-corrected chi connectivity index (χ3v) is 5.95. The molecule has 20 heavy (non-hydrogen) atoms. The quantitative estimate of drug-likeness (QED) is 0.716. The van der Waals surface area contributed by atoms with E-state index in [9.17, 15) is 4.39 Å². The van der Waals surface area contributed by atoms with Crippen molar-refractivity contribution in [2.24, 2.45) is 5.41 Å². The van der Waals surface area contributed by atoms with Gasteiger partial charge in [0, 0.05) is 11.7 Å². The van der Waals surface area contributed by atoms with Gasteiger partial charge in [0.15, 0.2) is 0 Å². The van der Waals surface area contributed by atoms with E-state index in [0.29, 0.717) is 15.9 Å². The molecule has 0 unspecified atom stereocenters. The molecule has 0 heterocycles. The van der Waals surface area contributed by atoms with E-state index in [0.717, 1.165) is 11.3 Å². The molecule has 2 aliphatic rings. The molecular weight excluding hydrogens is 317 g/mol. The molecule has 0 bridgehead atoms. The monoisotopic (exact) mass is 339 g/mol. The number of hydrogen-bond acceptors (Lipinski definition) is 1. The van der Waals surface area contributed by atoms with Crippen molar-refractivity contribution in [1.82, 2.24) is 0 Å².